The number of carbonyl (C=O) groups is 2. The average Bonchev–Trinajstić information content (AvgIpc) is 3.48. The summed E-state index contributed by atoms with van der Waals surface area (Å²) < 4.78 is 0. The first-order chi connectivity index (χ1) is 14.1. The van der Waals surface area contributed by atoms with E-state index in [0.717, 1.165) is 24.1 Å². The van der Waals surface area contributed by atoms with Gasteiger partial charge < -0.3 is 10.2 Å². The molecule has 144 valence electrons. The summed E-state index contributed by atoms with van der Waals surface area (Å²) in [6, 6.07) is 11.1. The summed E-state index contributed by atoms with van der Waals surface area (Å²) in [7, 11) is 0. The van der Waals surface area contributed by atoms with Gasteiger partial charge in [-0.05, 0) is 30.7 Å². The Morgan fingerprint density at radius 2 is 1.62 bits per heavy atom. The van der Waals surface area contributed by atoms with Gasteiger partial charge in [0.05, 0.1) is 32.3 Å². The summed E-state index contributed by atoms with van der Waals surface area (Å²) in [5, 5.41) is 21.1. The van der Waals surface area contributed by atoms with Crippen LogP contribution in [-0.2, 0) is 9.59 Å². The quantitative estimate of drug-likeness (QED) is 0.718. The summed E-state index contributed by atoms with van der Waals surface area (Å²) in [5.41, 5.74) is 1.77. The van der Waals surface area contributed by atoms with Crippen molar-refractivity contribution in [2.24, 2.45) is 0 Å². The molecule has 2 aromatic heterocycles. The fraction of sp³-hybridized carbons (Fsp3) is 0.238. The van der Waals surface area contributed by atoms with E-state index in [-0.39, 0.29) is 11.8 Å². The lowest BCUT2D eigenvalue weighted by atomic mass is 10.1. The molecule has 2 aliphatic rings. The van der Waals surface area contributed by atoms with Gasteiger partial charge in [0.2, 0.25) is 0 Å². The third-order valence-corrected chi connectivity index (χ3v) is 6.83. The Hall–Kier alpha value is -3.20. The number of thiophene rings is 2. The van der Waals surface area contributed by atoms with Crippen molar-refractivity contribution in [1.82, 2.24) is 10.2 Å². The molecule has 0 unspecified atom stereocenters. The molecule has 0 saturated carbocycles. The molecule has 0 aliphatic carbocycles. The lowest BCUT2D eigenvalue weighted by molar-refractivity contribution is -0.123. The lowest BCUT2D eigenvalue weighted by Gasteiger charge is -2.20. The molecule has 4 rings (SSSR count). The Bertz CT molecular complexity index is 1170. The van der Waals surface area contributed by atoms with Crippen molar-refractivity contribution in [2.75, 3.05) is 6.54 Å². The fourth-order valence-electron chi connectivity index (χ4n) is 3.52. The maximum atomic E-state index is 13.4. The number of nitrogens with zero attached hydrogens (tertiary/aromatic N) is 3. The maximum Gasteiger partial charge on any atom is 0.261 e. The summed E-state index contributed by atoms with van der Waals surface area (Å²) in [5.74, 6) is -0.534. The van der Waals surface area contributed by atoms with Crippen LogP contribution in [-0.4, -0.2) is 23.3 Å². The monoisotopic (exact) mass is 420 g/mol. The molecule has 6 nitrogen and oxygen atoms in total. The molecule has 8 heteroatoms. The number of rotatable bonds is 6. The number of amides is 2. The lowest BCUT2D eigenvalue weighted by Crippen LogP contribution is -2.28. The highest BCUT2D eigenvalue weighted by molar-refractivity contribution is 7.14. The zero-order chi connectivity index (χ0) is 20.5. The highest BCUT2D eigenvalue weighted by atomic mass is 32.1. The van der Waals surface area contributed by atoms with Crippen molar-refractivity contribution in [1.29, 1.82) is 10.5 Å². The van der Waals surface area contributed by atoms with Crippen LogP contribution < -0.4 is 5.32 Å². The van der Waals surface area contributed by atoms with Crippen LogP contribution >= 0.6 is 22.7 Å². The number of carbonyl (C=O) groups excluding carboxylic acids is 2. The molecule has 2 amide bonds. The first kappa shape index (κ1) is 19.1. The normalized spacial score (nSPS) is 15.6. The molecule has 2 aromatic rings. The zero-order valence-corrected chi connectivity index (χ0v) is 17.2. The molecule has 0 saturated heterocycles. The summed E-state index contributed by atoms with van der Waals surface area (Å²) in [4.78, 5) is 30.4. The number of nitrogens with one attached hydrogen (secondary N) is 1. The number of nitriles is 2. The minimum absolute atomic E-state index is 0.210. The molecule has 1 N–H and O–H groups in total. The van der Waals surface area contributed by atoms with E-state index in [4.69, 9.17) is 5.26 Å². The van der Waals surface area contributed by atoms with Crippen molar-refractivity contribution in [3.05, 3.63) is 54.9 Å². The van der Waals surface area contributed by atoms with Crippen LogP contribution in [0.2, 0.25) is 0 Å². The molecule has 0 bridgehead atoms. The van der Waals surface area contributed by atoms with Gasteiger partial charge in [-0.25, -0.2) is 0 Å². The second kappa shape index (κ2) is 7.67. The standard InChI is InChI=1S/C21H16N4O2S2/c1-2-3-4-9-25-19(15-8-6-13(11-23)29-15)17-16(21(25)27)18(24-20(17)26)14-7-5-12(10-22)28-14/h5-8H,2-4,9H2,1H3,(H,24,26). The van der Waals surface area contributed by atoms with E-state index in [1.165, 1.54) is 22.7 Å². The number of hydrogen-bond acceptors (Lipinski definition) is 6. The second-order valence-electron chi connectivity index (χ2n) is 6.64. The van der Waals surface area contributed by atoms with Gasteiger partial charge in [-0.3, -0.25) is 9.59 Å². The van der Waals surface area contributed by atoms with Crippen molar-refractivity contribution in [3.63, 3.8) is 0 Å². The highest BCUT2D eigenvalue weighted by Crippen LogP contribution is 2.44. The third-order valence-electron chi connectivity index (χ3n) is 4.83. The minimum Gasteiger partial charge on any atom is -0.320 e. The van der Waals surface area contributed by atoms with E-state index in [1.54, 1.807) is 29.2 Å². The van der Waals surface area contributed by atoms with Gasteiger partial charge in [-0.2, -0.15) is 10.5 Å². The summed E-state index contributed by atoms with van der Waals surface area (Å²) in [6.07, 6.45) is 2.83. The highest BCUT2D eigenvalue weighted by Gasteiger charge is 2.45. The number of hydrogen-bond donors (Lipinski definition) is 1. The Morgan fingerprint density at radius 3 is 2.24 bits per heavy atom. The first-order valence-corrected chi connectivity index (χ1v) is 10.8. The van der Waals surface area contributed by atoms with Crippen LogP contribution in [0.3, 0.4) is 0 Å². The smallest absolute Gasteiger partial charge is 0.261 e. The van der Waals surface area contributed by atoms with E-state index >= 15 is 0 Å². The second-order valence-corrected chi connectivity index (χ2v) is 8.81. The molecule has 4 heterocycles. The Morgan fingerprint density at radius 1 is 0.966 bits per heavy atom. The molecule has 0 fully saturated rings. The number of fused-ring (bicyclic) bond motifs is 1. The van der Waals surface area contributed by atoms with Crippen LogP contribution in [0.4, 0.5) is 0 Å². The molecule has 2 aliphatic heterocycles. The van der Waals surface area contributed by atoms with Gasteiger partial charge in [0, 0.05) is 6.54 Å². The third kappa shape index (κ3) is 3.17. The SMILES string of the molecule is CCCCCN1C(=O)C2=C(c3ccc(C#N)s3)NC(=O)C2=C1c1ccc(C#N)s1. The van der Waals surface area contributed by atoms with E-state index in [0.29, 0.717) is 43.7 Å². The fourth-order valence-corrected chi connectivity index (χ4v) is 5.19. The summed E-state index contributed by atoms with van der Waals surface area (Å²) in [6.45, 7) is 2.61. The van der Waals surface area contributed by atoms with Crippen molar-refractivity contribution < 1.29 is 9.59 Å². The minimum atomic E-state index is -0.324. The number of unbranched alkanes of at least 4 members (excludes halogenated alkanes) is 2. The van der Waals surface area contributed by atoms with Gasteiger partial charge in [-0.1, -0.05) is 19.8 Å². The van der Waals surface area contributed by atoms with Gasteiger partial charge in [0.15, 0.2) is 0 Å². The Kier molecular flexibility index (Phi) is 5.06. The van der Waals surface area contributed by atoms with E-state index < -0.39 is 0 Å². The van der Waals surface area contributed by atoms with Gasteiger partial charge in [0.25, 0.3) is 11.8 Å². The van der Waals surface area contributed by atoms with Crippen LogP contribution in [0.15, 0.2) is 35.4 Å². The van der Waals surface area contributed by atoms with E-state index in [2.05, 4.69) is 24.4 Å². The van der Waals surface area contributed by atoms with Crippen molar-refractivity contribution >= 4 is 45.9 Å². The topological polar surface area (TPSA) is 97.0 Å². The average molecular weight is 421 g/mol. The first-order valence-electron chi connectivity index (χ1n) is 9.21. The molecule has 0 aromatic carbocycles. The largest absolute Gasteiger partial charge is 0.320 e. The van der Waals surface area contributed by atoms with Crippen LogP contribution in [0.5, 0.6) is 0 Å². The Labute approximate surface area is 176 Å². The van der Waals surface area contributed by atoms with Crippen LogP contribution in [0.1, 0.15) is 45.7 Å². The predicted octanol–water partition coefficient (Wildman–Crippen LogP) is 3.84. The van der Waals surface area contributed by atoms with Crippen molar-refractivity contribution in [3.8, 4) is 12.1 Å². The van der Waals surface area contributed by atoms with Crippen LogP contribution in [0, 0.1) is 22.7 Å². The van der Waals surface area contributed by atoms with E-state index in [1.807, 2.05) is 0 Å². The zero-order valence-electron chi connectivity index (χ0n) is 15.6. The molecular weight excluding hydrogens is 404 g/mol. The molecule has 0 radical (unpaired) electrons. The van der Waals surface area contributed by atoms with Crippen LogP contribution in [0.25, 0.3) is 11.4 Å². The van der Waals surface area contributed by atoms with E-state index in [9.17, 15) is 14.9 Å². The molecule has 0 atom stereocenters. The van der Waals surface area contributed by atoms with Gasteiger partial charge in [0.1, 0.15) is 21.9 Å². The predicted molar refractivity (Wildman–Crippen MR) is 111 cm³/mol. The Balaban J connectivity index is 1.87. The molecular formula is C21H16N4O2S2. The van der Waals surface area contributed by atoms with Gasteiger partial charge in [-0.15, -0.1) is 22.7 Å². The molecule has 29 heavy (non-hydrogen) atoms. The summed E-state index contributed by atoms with van der Waals surface area (Å²) >= 11 is 2.52. The van der Waals surface area contributed by atoms with Crippen molar-refractivity contribution in [2.45, 2.75) is 26.2 Å². The van der Waals surface area contributed by atoms with Gasteiger partial charge >= 0.3 is 0 Å². The molecule has 0 spiro atoms. The maximum absolute atomic E-state index is 13.4.